The van der Waals surface area contributed by atoms with E-state index in [1.807, 2.05) is 6.92 Å². The zero-order chi connectivity index (χ0) is 15.6. The van der Waals surface area contributed by atoms with Gasteiger partial charge < -0.3 is 25.2 Å². The molecule has 1 fully saturated rings. The lowest BCUT2D eigenvalue weighted by molar-refractivity contribution is -0.141. The molecule has 7 nitrogen and oxygen atoms in total. The molecule has 0 unspecified atom stereocenters. The number of amides is 2. The predicted octanol–water partition coefficient (Wildman–Crippen LogP) is 1.06. The molecule has 0 saturated carbocycles. The van der Waals surface area contributed by atoms with Gasteiger partial charge in [-0.3, -0.25) is 0 Å². The molecule has 0 radical (unpaired) electrons. The lowest BCUT2D eigenvalue weighted by Crippen LogP contribution is -2.43. The van der Waals surface area contributed by atoms with Crippen LogP contribution in [0.5, 0.6) is 5.75 Å². The number of carboxylic acids is 1. The van der Waals surface area contributed by atoms with Crippen molar-refractivity contribution in [2.75, 3.05) is 19.0 Å². The van der Waals surface area contributed by atoms with E-state index >= 15 is 0 Å². The van der Waals surface area contributed by atoms with Gasteiger partial charge in [0.15, 0.2) is 0 Å². The van der Waals surface area contributed by atoms with Crippen molar-refractivity contribution in [2.45, 2.75) is 25.5 Å². The largest absolute Gasteiger partial charge is 0.496 e. The van der Waals surface area contributed by atoms with Crippen molar-refractivity contribution in [1.82, 2.24) is 4.90 Å². The van der Waals surface area contributed by atoms with Gasteiger partial charge in [0.1, 0.15) is 11.8 Å². The Balaban J connectivity index is 2.10. The minimum atomic E-state index is -1.12. The summed E-state index contributed by atoms with van der Waals surface area (Å²) < 4.78 is 5.13. The van der Waals surface area contributed by atoms with Crippen LogP contribution in [0.3, 0.4) is 0 Å². The van der Waals surface area contributed by atoms with Gasteiger partial charge in [0, 0.05) is 18.7 Å². The maximum atomic E-state index is 12.2. The summed E-state index contributed by atoms with van der Waals surface area (Å²) in [6.07, 6.45) is -0.765. The van der Waals surface area contributed by atoms with Crippen molar-refractivity contribution in [2.24, 2.45) is 0 Å². The highest BCUT2D eigenvalue weighted by atomic mass is 16.5. The Hall–Kier alpha value is -2.28. The second-order valence-electron chi connectivity index (χ2n) is 5.01. The van der Waals surface area contributed by atoms with Gasteiger partial charge in [-0.15, -0.1) is 0 Å². The van der Waals surface area contributed by atoms with Crippen molar-refractivity contribution < 1.29 is 24.5 Å². The molecule has 1 saturated heterocycles. The first-order chi connectivity index (χ1) is 9.92. The molecule has 1 heterocycles. The van der Waals surface area contributed by atoms with Gasteiger partial charge in [-0.05, 0) is 30.7 Å². The lowest BCUT2D eigenvalue weighted by atomic mass is 10.2. The molecular formula is C14H18N2O5. The van der Waals surface area contributed by atoms with Gasteiger partial charge in [0.2, 0.25) is 0 Å². The van der Waals surface area contributed by atoms with Gasteiger partial charge in [0.25, 0.3) is 0 Å². The Bertz CT molecular complexity index is 560. The van der Waals surface area contributed by atoms with Gasteiger partial charge in [0.05, 0.1) is 13.2 Å². The molecule has 114 valence electrons. The zero-order valence-electron chi connectivity index (χ0n) is 11.9. The number of β-amino-alcohol motifs (C(OH)–C–C–N with tert-alkyl or cyclic N) is 1. The fourth-order valence-electron chi connectivity index (χ4n) is 2.42. The Kier molecular flexibility index (Phi) is 4.32. The molecule has 1 aliphatic rings. The highest BCUT2D eigenvalue weighted by Crippen LogP contribution is 2.23. The number of carboxylic acid groups (broad SMARTS) is 1. The SMILES string of the molecule is COc1ccc(NC(=O)N2C[C@H](O)C[C@@H]2C(=O)O)cc1C. The number of aliphatic hydroxyl groups excluding tert-OH is 1. The summed E-state index contributed by atoms with van der Waals surface area (Å²) >= 11 is 0. The summed E-state index contributed by atoms with van der Waals surface area (Å²) in [6.45, 7) is 1.85. The third kappa shape index (κ3) is 3.25. The van der Waals surface area contributed by atoms with Gasteiger partial charge in [-0.1, -0.05) is 0 Å². The number of hydrogen-bond acceptors (Lipinski definition) is 4. The van der Waals surface area contributed by atoms with Crippen LogP contribution in [0.2, 0.25) is 0 Å². The minimum Gasteiger partial charge on any atom is -0.496 e. The van der Waals surface area contributed by atoms with Gasteiger partial charge in [-0.25, -0.2) is 9.59 Å². The van der Waals surface area contributed by atoms with Crippen molar-refractivity contribution in [3.8, 4) is 5.75 Å². The van der Waals surface area contributed by atoms with Crippen LogP contribution in [0.1, 0.15) is 12.0 Å². The van der Waals surface area contributed by atoms with Gasteiger partial charge >= 0.3 is 12.0 Å². The van der Waals surface area contributed by atoms with E-state index in [1.54, 1.807) is 25.3 Å². The molecule has 3 N–H and O–H groups in total. The van der Waals surface area contributed by atoms with Crippen molar-refractivity contribution >= 4 is 17.7 Å². The van der Waals surface area contributed by atoms with E-state index < -0.39 is 24.1 Å². The van der Waals surface area contributed by atoms with Gasteiger partial charge in [-0.2, -0.15) is 0 Å². The average molecular weight is 294 g/mol. The normalized spacial score (nSPS) is 21.2. The minimum absolute atomic E-state index is 0.0118. The first kappa shape index (κ1) is 15.1. The molecule has 2 atom stereocenters. The molecule has 1 aromatic rings. The van der Waals surface area contributed by atoms with E-state index in [-0.39, 0.29) is 13.0 Å². The number of aryl methyl sites for hydroxylation is 1. The van der Waals surface area contributed by atoms with Crippen LogP contribution in [0.25, 0.3) is 0 Å². The number of ether oxygens (including phenoxy) is 1. The van der Waals surface area contributed by atoms with Crippen molar-refractivity contribution in [3.63, 3.8) is 0 Å². The third-order valence-electron chi connectivity index (χ3n) is 3.47. The number of benzene rings is 1. The van der Waals surface area contributed by atoms with E-state index in [9.17, 15) is 14.7 Å². The predicted molar refractivity (Wildman–Crippen MR) is 75.5 cm³/mol. The second kappa shape index (κ2) is 6.01. The quantitative estimate of drug-likeness (QED) is 0.774. The molecule has 0 aromatic heterocycles. The first-order valence-corrected chi connectivity index (χ1v) is 6.55. The van der Waals surface area contributed by atoms with Crippen LogP contribution in [-0.2, 0) is 4.79 Å². The summed E-state index contributed by atoms with van der Waals surface area (Å²) in [5.41, 5.74) is 1.40. The monoisotopic (exact) mass is 294 g/mol. The van der Waals surface area contributed by atoms with Crippen molar-refractivity contribution in [3.05, 3.63) is 23.8 Å². The molecule has 1 aliphatic heterocycles. The molecule has 0 bridgehead atoms. The van der Waals surface area contributed by atoms with E-state index in [0.717, 1.165) is 10.5 Å². The number of nitrogens with one attached hydrogen (secondary N) is 1. The number of anilines is 1. The number of urea groups is 1. The van der Waals surface area contributed by atoms with Crippen LogP contribution >= 0.6 is 0 Å². The zero-order valence-corrected chi connectivity index (χ0v) is 11.9. The fraction of sp³-hybridized carbons (Fsp3) is 0.429. The summed E-state index contributed by atoms with van der Waals surface area (Å²) in [6, 6.07) is 3.59. The molecule has 2 amide bonds. The molecule has 0 spiro atoms. The molecule has 0 aliphatic carbocycles. The van der Waals surface area contributed by atoms with E-state index in [0.29, 0.717) is 11.4 Å². The number of likely N-dealkylation sites (tertiary alicyclic amines) is 1. The van der Waals surface area contributed by atoms with Crippen LogP contribution < -0.4 is 10.1 Å². The number of nitrogens with zero attached hydrogens (tertiary/aromatic N) is 1. The summed E-state index contributed by atoms with van der Waals surface area (Å²) in [4.78, 5) is 24.4. The number of carbonyl (C=O) groups is 2. The topological polar surface area (TPSA) is 99.1 Å². The number of hydrogen-bond donors (Lipinski definition) is 3. The second-order valence-corrected chi connectivity index (χ2v) is 5.01. The number of aliphatic carboxylic acids is 1. The van der Waals surface area contributed by atoms with Crippen LogP contribution in [-0.4, -0.2) is 52.9 Å². The maximum Gasteiger partial charge on any atom is 0.326 e. The van der Waals surface area contributed by atoms with E-state index in [2.05, 4.69) is 5.32 Å². The standard InChI is InChI=1S/C14H18N2O5/c1-8-5-9(3-4-12(8)21-2)15-14(20)16-7-10(17)6-11(16)13(18)19/h3-5,10-11,17H,6-7H2,1-2H3,(H,15,20)(H,18,19)/t10-,11-/m1/s1. The summed E-state index contributed by atoms with van der Waals surface area (Å²) in [7, 11) is 1.56. The number of methoxy groups -OCH3 is 1. The molecule has 7 heteroatoms. The third-order valence-corrected chi connectivity index (χ3v) is 3.47. The summed E-state index contributed by atoms with van der Waals surface area (Å²) in [5.74, 6) is -0.416. The maximum absolute atomic E-state index is 12.2. The highest BCUT2D eigenvalue weighted by Gasteiger charge is 2.38. The molecule has 21 heavy (non-hydrogen) atoms. The molecule has 1 aromatic carbocycles. The number of carbonyl (C=O) groups excluding carboxylic acids is 1. The van der Waals surface area contributed by atoms with Crippen molar-refractivity contribution in [1.29, 1.82) is 0 Å². The Morgan fingerprint density at radius 2 is 2.14 bits per heavy atom. The van der Waals surface area contributed by atoms with Crippen LogP contribution in [0.4, 0.5) is 10.5 Å². The lowest BCUT2D eigenvalue weighted by Gasteiger charge is -2.21. The number of aliphatic hydroxyl groups is 1. The molecule has 2 rings (SSSR count). The Morgan fingerprint density at radius 3 is 2.71 bits per heavy atom. The highest BCUT2D eigenvalue weighted by molar-refractivity contribution is 5.93. The van der Waals surface area contributed by atoms with E-state index in [4.69, 9.17) is 9.84 Å². The first-order valence-electron chi connectivity index (χ1n) is 6.55. The van der Waals surface area contributed by atoms with E-state index in [1.165, 1.54) is 0 Å². The fourth-order valence-corrected chi connectivity index (χ4v) is 2.42. The average Bonchev–Trinajstić information content (AvgIpc) is 2.81. The van der Waals surface area contributed by atoms with Crippen LogP contribution in [0.15, 0.2) is 18.2 Å². The smallest absolute Gasteiger partial charge is 0.326 e. The van der Waals surface area contributed by atoms with Crippen LogP contribution in [0, 0.1) is 6.92 Å². The Morgan fingerprint density at radius 1 is 1.43 bits per heavy atom. The summed E-state index contributed by atoms with van der Waals surface area (Å²) in [5, 5.41) is 21.3. The Labute approximate surface area is 122 Å². The molecular weight excluding hydrogens is 276 g/mol. The number of rotatable bonds is 3.